The van der Waals surface area contributed by atoms with Crippen LogP contribution in [0.3, 0.4) is 0 Å². The highest BCUT2D eigenvalue weighted by molar-refractivity contribution is 5.78. The molecule has 1 heterocycles. The van der Waals surface area contributed by atoms with E-state index >= 15 is 0 Å². The minimum absolute atomic E-state index is 0.0602. The van der Waals surface area contributed by atoms with Crippen LogP contribution in [0.1, 0.15) is 30.9 Å². The van der Waals surface area contributed by atoms with Gasteiger partial charge in [0.05, 0.1) is 0 Å². The van der Waals surface area contributed by atoms with E-state index in [0.717, 1.165) is 12.8 Å². The highest BCUT2D eigenvalue weighted by atomic mass is 16.2. The normalized spacial score (nSPS) is 14.8. The Balaban J connectivity index is 1.67. The molecule has 0 aromatic heterocycles. The van der Waals surface area contributed by atoms with Crippen molar-refractivity contribution in [3.8, 4) is 0 Å². The van der Waals surface area contributed by atoms with Gasteiger partial charge in [-0.25, -0.2) is 4.79 Å². The second-order valence-electron chi connectivity index (χ2n) is 6.04. The molecule has 0 aliphatic carbocycles. The molecule has 4 N–H and O–H groups in total. The minimum atomic E-state index is -0.108. The molecule has 6 heteroatoms. The second kappa shape index (κ2) is 8.53. The highest BCUT2D eigenvalue weighted by Gasteiger charge is 2.19. The molecule has 126 valence electrons. The van der Waals surface area contributed by atoms with Crippen molar-refractivity contribution in [1.29, 1.82) is 0 Å². The van der Waals surface area contributed by atoms with Crippen LogP contribution in [0.4, 0.5) is 4.79 Å². The summed E-state index contributed by atoms with van der Waals surface area (Å²) < 4.78 is 0. The first kappa shape index (κ1) is 17.3. The number of fused-ring (bicyclic) bond motifs is 1. The monoisotopic (exact) mass is 318 g/mol. The Morgan fingerprint density at radius 3 is 2.70 bits per heavy atom. The van der Waals surface area contributed by atoms with Gasteiger partial charge in [0, 0.05) is 38.6 Å². The maximum atomic E-state index is 12.2. The molecule has 0 saturated carbocycles. The third-order valence-electron chi connectivity index (χ3n) is 3.97. The molecule has 2 rings (SSSR count). The van der Waals surface area contributed by atoms with E-state index in [0.29, 0.717) is 26.2 Å². The van der Waals surface area contributed by atoms with E-state index in [-0.39, 0.29) is 24.4 Å². The molecular formula is C17H26N4O2. The number of nitrogens with zero attached hydrogens (tertiary/aromatic N) is 1. The summed E-state index contributed by atoms with van der Waals surface area (Å²) in [6.07, 6.45) is 1.92. The highest BCUT2D eigenvalue weighted by Crippen LogP contribution is 2.18. The number of hydrogen-bond donors (Lipinski definition) is 3. The van der Waals surface area contributed by atoms with Crippen molar-refractivity contribution in [3.63, 3.8) is 0 Å². The summed E-state index contributed by atoms with van der Waals surface area (Å²) in [5.41, 5.74) is 8.13. The summed E-state index contributed by atoms with van der Waals surface area (Å²) in [6, 6.07) is 8.16. The van der Waals surface area contributed by atoms with Gasteiger partial charge in [-0.05, 0) is 30.9 Å². The molecule has 6 nitrogen and oxygen atoms in total. The molecule has 1 aromatic carbocycles. The lowest BCUT2D eigenvalue weighted by Crippen LogP contribution is -2.43. The van der Waals surface area contributed by atoms with Crippen molar-refractivity contribution in [2.24, 2.45) is 5.73 Å². The van der Waals surface area contributed by atoms with Crippen molar-refractivity contribution >= 4 is 11.9 Å². The van der Waals surface area contributed by atoms with E-state index in [2.05, 4.69) is 22.8 Å². The summed E-state index contributed by atoms with van der Waals surface area (Å²) in [6.45, 7) is 4.17. The average Bonchev–Trinajstić information content (AvgIpc) is 2.54. The molecule has 1 aliphatic rings. The lowest BCUT2D eigenvalue weighted by Gasteiger charge is -2.28. The summed E-state index contributed by atoms with van der Waals surface area (Å²) in [4.78, 5) is 25.6. The molecule has 0 bridgehead atoms. The molecule has 0 saturated heterocycles. The molecule has 3 amide bonds. The number of benzene rings is 1. The van der Waals surface area contributed by atoms with Crippen LogP contribution in [-0.4, -0.2) is 42.5 Å². The lowest BCUT2D eigenvalue weighted by molar-refractivity contribution is -0.120. The second-order valence-corrected chi connectivity index (χ2v) is 6.04. The number of amides is 3. The van der Waals surface area contributed by atoms with Crippen LogP contribution < -0.4 is 16.4 Å². The fourth-order valence-electron chi connectivity index (χ4n) is 2.59. The SMILES string of the molecule is CC(N)CCNC(=O)CCNC(=O)N1CCc2ccccc2C1. The zero-order valence-electron chi connectivity index (χ0n) is 13.7. The van der Waals surface area contributed by atoms with Gasteiger partial charge in [-0.1, -0.05) is 24.3 Å². The molecular weight excluding hydrogens is 292 g/mol. The number of nitrogens with two attached hydrogens (primary N) is 1. The van der Waals surface area contributed by atoms with E-state index < -0.39 is 0 Å². The Bertz CT molecular complexity index is 545. The lowest BCUT2D eigenvalue weighted by atomic mass is 10.0. The predicted molar refractivity (Wildman–Crippen MR) is 89.8 cm³/mol. The van der Waals surface area contributed by atoms with Gasteiger partial charge >= 0.3 is 6.03 Å². The van der Waals surface area contributed by atoms with E-state index in [4.69, 9.17) is 5.73 Å². The summed E-state index contributed by atoms with van der Waals surface area (Å²) in [5, 5.41) is 5.61. The Morgan fingerprint density at radius 1 is 1.22 bits per heavy atom. The first-order chi connectivity index (χ1) is 11.1. The Morgan fingerprint density at radius 2 is 1.96 bits per heavy atom. The third-order valence-corrected chi connectivity index (χ3v) is 3.97. The van der Waals surface area contributed by atoms with Crippen molar-refractivity contribution in [2.75, 3.05) is 19.6 Å². The quantitative estimate of drug-likeness (QED) is 0.731. The maximum Gasteiger partial charge on any atom is 0.317 e. The van der Waals surface area contributed by atoms with Crippen LogP contribution in [-0.2, 0) is 17.8 Å². The van der Waals surface area contributed by atoms with Crippen molar-refractivity contribution in [3.05, 3.63) is 35.4 Å². The van der Waals surface area contributed by atoms with Gasteiger partial charge in [0.2, 0.25) is 5.91 Å². The first-order valence-corrected chi connectivity index (χ1v) is 8.18. The number of nitrogens with one attached hydrogen (secondary N) is 2. The first-order valence-electron chi connectivity index (χ1n) is 8.18. The molecule has 23 heavy (non-hydrogen) atoms. The van der Waals surface area contributed by atoms with Gasteiger partial charge in [-0.3, -0.25) is 4.79 Å². The van der Waals surface area contributed by atoms with Gasteiger partial charge in [0.1, 0.15) is 0 Å². The molecule has 0 radical (unpaired) electrons. The Kier molecular flexibility index (Phi) is 6.40. The number of hydrogen-bond acceptors (Lipinski definition) is 3. The topological polar surface area (TPSA) is 87.5 Å². The van der Waals surface area contributed by atoms with Gasteiger partial charge in [-0.15, -0.1) is 0 Å². The van der Waals surface area contributed by atoms with Crippen LogP contribution in [0.25, 0.3) is 0 Å². The van der Waals surface area contributed by atoms with Crippen LogP contribution in [0, 0.1) is 0 Å². The van der Waals surface area contributed by atoms with E-state index in [1.807, 2.05) is 19.1 Å². The van der Waals surface area contributed by atoms with E-state index in [1.165, 1.54) is 11.1 Å². The third kappa shape index (κ3) is 5.56. The molecule has 1 aliphatic heterocycles. The number of urea groups is 1. The summed E-state index contributed by atoms with van der Waals surface area (Å²) in [7, 11) is 0. The largest absolute Gasteiger partial charge is 0.356 e. The van der Waals surface area contributed by atoms with Crippen LogP contribution in [0.5, 0.6) is 0 Å². The van der Waals surface area contributed by atoms with Crippen molar-refractivity contribution < 1.29 is 9.59 Å². The van der Waals surface area contributed by atoms with Crippen molar-refractivity contribution in [1.82, 2.24) is 15.5 Å². The molecule has 0 spiro atoms. The van der Waals surface area contributed by atoms with Gasteiger partial charge in [-0.2, -0.15) is 0 Å². The molecule has 0 fully saturated rings. The zero-order valence-corrected chi connectivity index (χ0v) is 13.7. The Labute approximate surface area is 137 Å². The zero-order chi connectivity index (χ0) is 16.7. The fourth-order valence-corrected chi connectivity index (χ4v) is 2.59. The summed E-state index contributed by atoms with van der Waals surface area (Å²) >= 11 is 0. The minimum Gasteiger partial charge on any atom is -0.356 e. The van der Waals surface area contributed by atoms with E-state index in [9.17, 15) is 9.59 Å². The maximum absolute atomic E-state index is 12.2. The predicted octanol–water partition coefficient (Wildman–Crippen LogP) is 0.998. The number of rotatable bonds is 6. The number of carbonyl (C=O) groups is 2. The fraction of sp³-hybridized carbons (Fsp3) is 0.529. The van der Waals surface area contributed by atoms with Crippen LogP contribution in [0.2, 0.25) is 0 Å². The van der Waals surface area contributed by atoms with Crippen LogP contribution in [0.15, 0.2) is 24.3 Å². The Hall–Kier alpha value is -2.08. The molecule has 1 aromatic rings. The number of carbonyl (C=O) groups excluding carboxylic acids is 2. The van der Waals surface area contributed by atoms with Gasteiger partial charge in [0.15, 0.2) is 0 Å². The average molecular weight is 318 g/mol. The van der Waals surface area contributed by atoms with Crippen molar-refractivity contribution in [2.45, 2.75) is 38.8 Å². The van der Waals surface area contributed by atoms with Gasteiger partial charge in [0.25, 0.3) is 0 Å². The smallest absolute Gasteiger partial charge is 0.317 e. The molecule has 1 unspecified atom stereocenters. The summed E-state index contributed by atoms with van der Waals surface area (Å²) in [5.74, 6) is -0.0602. The van der Waals surface area contributed by atoms with E-state index in [1.54, 1.807) is 4.90 Å². The molecule has 1 atom stereocenters. The van der Waals surface area contributed by atoms with Crippen LogP contribution >= 0.6 is 0 Å². The van der Waals surface area contributed by atoms with Gasteiger partial charge < -0.3 is 21.3 Å². The standard InChI is InChI=1S/C17H26N4O2/c1-13(18)6-9-19-16(22)7-10-20-17(23)21-11-8-14-4-2-3-5-15(14)12-21/h2-5,13H,6-12,18H2,1H3,(H,19,22)(H,20,23).